The largest absolute Gasteiger partial charge is 0.0587 e. The molecule has 1 unspecified atom stereocenters. The minimum absolute atomic E-state index is 0.773. The van der Waals surface area contributed by atoms with Crippen LogP contribution in [0.25, 0.3) is 0 Å². The molecule has 0 N–H and O–H groups in total. The number of hydrogen-bond acceptors (Lipinski definition) is 0. The number of hydrogen-bond donors (Lipinski definition) is 0. The van der Waals surface area contributed by atoms with Crippen LogP contribution in [-0.4, -0.2) is 0 Å². The van der Waals surface area contributed by atoms with Gasteiger partial charge >= 0.3 is 0 Å². The second kappa shape index (κ2) is 1.60. The van der Waals surface area contributed by atoms with E-state index >= 15 is 0 Å². The first kappa shape index (κ1) is 5.04. The molecular weight excluding hydrogens is 108 g/mol. The Bertz CT molecular complexity index is 208. The van der Waals surface area contributed by atoms with Crippen LogP contribution in [0.4, 0.5) is 0 Å². The van der Waals surface area contributed by atoms with Crippen LogP contribution in [0.2, 0.25) is 0 Å². The Morgan fingerprint density at radius 3 is 2.11 bits per heavy atom. The Hall–Kier alpha value is -0.780. The predicted octanol–water partition coefficient (Wildman–Crippen LogP) is 2.35. The number of benzene rings is 1. The zero-order chi connectivity index (χ0) is 6.27. The van der Waals surface area contributed by atoms with Crippen molar-refractivity contribution in [2.45, 2.75) is 19.3 Å². The summed E-state index contributed by atoms with van der Waals surface area (Å²) in [7, 11) is 0. The monoisotopic (exact) mass is 118 g/mol. The van der Waals surface area contributed by atoms with Crippen LogP contribution in [-0.2, 0) is 6.42 Å². The average Bonchev–Trinajstić information content (AvgIpc) is 1.90. The lowest BCUT2D eigenvalue weighted by atomic mass is 9.87. The Balaban J connectivity index is 2.59. The Morgan fingerprint density at radius 1 is 1.22 bits per heavy atom. The summed E-state index contributed by atoms with van der Waals surface area (Å²) < 4.78 is 0. The summed E-state index contributed by atoms with van der Waals surface area (Å²) in [4.78, 5) is 0. The molecule has 0 saturated heterocycles. The highest BCUT2D eigenvalue weighted by molar-refractivity contribution is 5.31. The van der Waals surface area contributed by atoms with Gasteiger partial charge in [-0.3, -0.25) is 0 Å². The molecule has 0 heteroatoms. The van der Waals surface area contributed by atoms with Crippen LogP contribution in [0.1, 0.15) is 24.0 Å². The molecule has 1 aromatic rings. The maximum Gasteiger partial charge on any atom is -0.0150 e. The molecule has 0 radical (unpaired) electrons. The van der Waals surface area contributed by atoms with Crippen LogP contribution < -0.4 is 0 Å². The topological polar surface area (TPSA) is 0 Å². The molecule has 0 aromatic heterocycles. The van der Waals surface area contributed by atoms with E-state index in [1.165, 1.54) is 17.5 Å². The lowest BCUT2D eigenvalue weighted by molar-refractivity contribution is 0.735. The normalized spacial score (nSPS) is 22.6. The van der Waals surface area contributed by atoms with Gasteiger partial charge in [0.25, 0.3) is 0 Å². The molecule has 2 bridgehead atoms. The smallest absolute Gasteiger partial charge is 0.0150 e. The van der Waals surface area contributed by atoms with Gasteiger partial charge in [-0.2, -0.15) is 0 Å². The molecule has 0 heterocycles. The van der Waals surface area contributed by atoms with Crippen LogP contribution in [0.3, 0.4) is 0 Å². The molecule has 3 rings (SSSR count). The van der Waals surface area contributed by atoms with Crippen LogP contribution in [0.15, 0.2) is 24.3 Å². The zero-order valence-corrected chi connectivity index (χ0v) is 5.59. The summed E-state index contributed by atoms with van der Waals surface area (Å²) >= 11 is 0. The first-order valence-corrected chi connectivity index (χ1v) is 3.45. The third-order valence-electron chi connectivity index (χ3n) is 2.09. The molecule has 0 amide bonds. The van der Waals surface area contributed by atoms with E-state index in [-0.39, 0.29) is 0 Å². The molecule has 0 nitrogen and oxygen atoms in total. The molecule has 0 fully saturated rings. The van der Waals surface area contributed by atoms with Crippen LogP contribution >= 0.6 is 0 Å². The molecule has 1 atom stereocenters. The Labute approximate surface area is 55.5 Å². The van der Waals surface area contributed by atoms with E-state index in [0.29, 0.717) is 0 Å². The minimum Gasteiger partial charge on any atom is -0.0587 e. The Morgan fingerprint density at radius 2 is 1.89 bits per heavy atom. The van der Waals surface area contributed by atoms with Crippen molar-refractivity contribution >= 4 is 0 Å². The van der Waals surface area contributed by atoms with Gasteiger partial charge in [-0.1, -0.05) is 31.2 Å². The van der Waals surface area contributed by atoms with Gasteiger partial charge in [0.2, 0.25) is 0 Å². The third-order valence-corrected chi connectivity index (χ3v) is 2.09. The van der Waals surface area contributed by atoms with E-state index in [9.17, 15) is 0 Å². The fourth-order valence-corrected chi connectivity index (χ4v) is 1.45. The molecule has 1 aromatic carbocycles. The predicted molar refractivity (Wildman–Crippen MR) is 38.6 cm³/mol. The van der Waals surface area contributed by atoms with Gasteiger partial charge in [0.1, 0.15) is 0 Å². The molecule has 46 valence electrons. The van der Waals surface area contributed by atoms with Gasteiger partial charge < -0.3 is 0 Å². The van der Waals surface area contributed by atoms with E-state index in [2.05, 4.69) is 31.2 Å². The van der Waals surface area contributed by atoms with Gasteiger partial charge in [0.05, 0.1) is 0 Å². The first-order chi connectivity index (χ1) is 4.36. The molecule has 0 spiro atoms. The molecule has 2 aliphatic rings. The lowest BCUT2D eigenvalue weighted by Crippen LogP contribution is -2.03. The van der Waals surface area contributed by atoms with Crippen molar-refractivity contribution in [1.29, 1.82) is 0 Å². The first-order valence-electron chi connectivity index (χ1n) is 3.45. The third kappa shape index (κ3) is 0.663. The second-order valence-electron chi connectivity index (χ2n) is 2.85. The fourth-order valence-electron chi connectivity index (χ4n) is 1.45. The second-order valence-corrected chi connectivity index (χ2v) is 2.85. The fraction of sp³-hybridized carbons (Fsp3) is 0.333. The molecule has 0 aliphatic heterocycles. The Kier molecular flexibility index (Phi) is 0.895. The van der Waals surface area contributed by atoms with Gasteiger partial charge in [-0.15, -0.1) is 0 Å². The van der Waals surface area contributed by atoms with Crippen molar-refractivity contribution in [1.82, 2.24) is 0 Å². The maximum atomic E-state index is 2.28. The van der Waals surface area contributed by atoms with E-state index in [4.69, 9.17) is 0 Å². The molecule has 2 aliphatic carbocycles. The van der Waals surface area contributed by atoms with Gasteiger partial charge in [-0.25, -0.2) is 0 Å². The van der Waals surface area contributed by atoms with Crippen LogP contribution in [0, 0.1) is 0 Å². The summed E-state index contributed by atoms with van der Waals surface area (Å²) in [5.74, 6) is 0.773. The maximum absolute atomic E-state index is 2.28. The molecule has 0 saturated carbocycles. The van der Waals surface area contributed by atoms with Crippen molar-refractivity contribution in [2.75, 3.05) is 0 Å². The van der Waals surface area contributed by atoms with Crippen molar-refractivity contribution in [3.63, 3.8) is 0 Å². The van der Waals surface area contributed by atoms with E-state index in [1.54, 1.807) is 0 Å². The highest BCUT2D eigenvalue weighted by atomic mass is 14.2. The van der Waals surface area contributed by atoms with E-state index in [1.807, 2.05) is 0 Å². The standard InChI is InChI=1S/C9H10/c1-7-6-8-2-4-9(7)5-3-8/h2-5,7H,6H2,1H3. The molecule has 9 heavy (non-hydrogen) atoms. The summed E-state index contributed by atoms with van der Waals surface area (Å²) in [5, 5.41) is 0. The highest BCUT2D eigenvalue weighted by Gasteiger charge is 2.11. The summed E-state index contributed by atoms with van der Waals surface area (Å²) in [5.41, 5.74) is 2.97. The summed E-state index contributed by atoms with van der Waals surface area (Å²) in [6, 6.07) is 8.89. The number of rotatable bonds is 0. The van der Waals surface area contributed by atoms with Crippen molar-refractivity contribution in [3.05, 3.63) is 35.4 Å². The minimum atomic E-state index is 0.773. The van der Waals surface area contributed by atoms with E-state index < -0.39 is 0 Å². The zero-order valence-electron chi connectivity index (χ0n) is 5.59. The quantitative estimate of drug-likeness (QED) is 0.490. The SMILES string of the molecule is CC1Cc2ccc1cc2. The highest BCUT2D eigenvalue weighted by Crippen LogP contribution is 2.26. The average molecular weight is 118 g/mol. The van der Waals surface area contributed by atoms with E-state index in [0.717, 1.165) is 5.92 Å². The summed E-state index contributed by atoms with van der Waals surface area (Å²) in [6.45, 7) is 2.28. The molecular formula is C9H10. The van der Waals surface area contributed by atoms with Gasteiger partial charge in [-0.05, 0) is 23.5 Å². The van der Waals surface area contributed by atoms with Crippen molar-refractivity contribution in [2.24, 2.45) is 0 Å². The van der Waals surface area contributed by atoms with Gasteiger partial charge in [0, 0.05) is 0 Å². The van der Waals surface area contributed by atoms with Crippen molar-refractivity contribution in [3.8, 4) is 0 Å². The number of fused-ring (bicyclic) bond motifs is 3. The summed E-state index contributed by atoms with van der Waals surface area (Å²) in [6.07, 6.45) is 1.25. The lowest BCUT2D eigenvalue weighted by Gasteiger charge is -2.18. The van der Waals surface area contributed by atoms with Crippen molar-refractivity contribution < 1.29 is 0 Å². The van der Waals surface area contributed by atoms with Gasteiger partial charge in [0.15, 0.2) is 0 Å². The van der Waals surface area contributed by atoms with Crippen LogP contribution in [0.5, 0.6) is 0 Å².